The van der Waals surface area contributed by atoms with E-state index in [9.17, 15) is 0 Å². The lowest BCUT2D eigenvalue weighted by molar-refractivity contribution is 0.180. The molecular weight excluding hydrogens is 413 g/mol. The molecule has 2 heterocycles. The third-order valence-electron chi connectivity index (χ3n) is 5.98. The molecule has 0 aliphatic carbocycles. The van der Waals surface area contributed by atoms with Crippen LogP contribution in [0.1, 0.15) is 38.8 Å². The van der Waals surface area contributed by atoms with Crippen LogP contribution in [0.3, 0.4) is 0 Å². The number of pyridine rings is 1. The third kappa shape index (κ3) is 4.91. The van der Waals surface area contributed by atoms with Gasteiger partial charge in [0.15, 0.2) is 0 Å². The number of benzene rings is 2. The molecule has 1 atom stereocenters. The molecule has 0 spiro atoms. The molecule has 0 saturated carbocycles. The van der Waals surface area contributed by atoms with Gasteiger partial charge in [-0.25, -0.2) is 4.98 Å². The highest BCUT2D eigenvalue weighted by atomic mass is 35.5. The highest BCUT2D eigenvalue weighted by Gasteiger charge is 2.25. The van der Waals surface area contributed by atoms with Crippen LogP contribution in [0.25, 0.3) is 10.8 Å². The van der Waals surface area contributed by atoms with Crippen molar-refractivity contribution in [1.29, 1.82) is 0 Å². The zero-order valence-corrected chi connectivity index (χ0v) is 19.8. The van der Waals surface area contributed by atoms with Crippen LogP contribution in [-0.2, 0) is 12.0 Å². The Balaban J connectivity index is 0.00000256. The molecule has 1 aliphatic rings. The molecule has 3 nitrogen and oxygen atoms in total. The van der Waals surface area contributed by atoms with Crippen molar-refractivity contribution in [1.82, 2.24) is 9.88 Å². The average Bonchev–Trinajstić information content (AvgIpc) is 2.68. The molecule has 160 valence electrons. The zero-order chi connectivity index (χ0) is 20.6. The molecule has 1 saturated heterocycles. The summed E-state index contributed by atoms with van der Waals surface area (Å²) in [4.78, 5) is 9.69. The van der Waals surface area contributed by atoms with E-state index in [0.717, 1.165) is 42.4 Å². The number of nitrogens with zero attached hydrogens (tertiary/aromatic N) is 3. The van der Waals surface area contributed by atoms with Crippen LogP contribution in [0, 0.1) is 0 Å². The quantitative estimate of drug-likeness (QED) is 0.471. The number of aromatic nitrogens is 1. The van der Waals surface area contributed by atoms with Crippen molar-refractivity contribution in [3.05, 3.63) is 70.9 Å². The molecule has 2 aromatic carbocycles. The summed E-state index contributed by atoms with van der Waals surface area (Å²) in [7, 11) is 0. The first-order chi connectivity index (χ1) is 13.8. The van der Waals surface area contributed by atoms with Gasteiger partial charge in [0.1, 0.15) is 5.82 Å². The largest absolute Gasteiger partial charge is 0.353 e. The maximum Gasteiger partial charge on any atom is 0.136 e. The standard InChI is InChI=1S/C25H30ClN3.ClH/c1-18-16-29(24-23-10-9-22(26)15-20(23)11-12-27-24)14-13-28(18)17-19-5-7-21(8-6-19)25(2,3)4;/h5-12,15,18H,13-14,16-17H2,1-4H3;1H/t18-;/m1./s1. The summed E-state index contributed by atoms with van der Waals surface area (Å²) in [6.07, 6.45) is 1.89. The lowest BCUT2D eigenvalue weighted by Crippen LogP contribution is -2.51. The minimum absolute atomic E-state index is 0. The molecule has 1 fully saturated rings. The molecular formula is C25H31Cl2N3. The van der Waals surface area contributed by atoms with Gasteiger partial charge in [0, 0.05) is 48.8 Å². The van der Waals surface area contributed by atoms with Crippen LogP contribution >= 0.6 is 24.0 Å². The van der Waals surface area contributed by atoms with E-state index in [4.69, 9.17) is 16.6 Å². The minimum Gasteiger partial charge on any atom is -0.353 e. The van der Waals surface area contributed by atoms with Crippen molar-refractivity contribution in [2.24, 2.45) is 0 Å². The second-order valence-electron chi connectivity index (χ2n) is 9.21. The van der Waals surface area contributed by atoms with E-state index in [-0.39, 0.29) is 17.8 Å². The fourth-order valence-corrected chi connectivity index (χ4v) is 4.33. The minimum atomic E-state index is 0. The van der Waals surface area contributed by atoms with Gasteiger partial charge in [-0.1, -0.05) is 56.6 Å². The van der Waals surface area contributed by atoms with Gasteiger partial charge in [-0.2, -0.15) is 0 Å². The van der Waals surface area contributed by atoms with Crippen molar-refractivity contribution in [2.45, 2.75) is 45.7 Å². The molecule has 0 unspecified atom stereocenters. The Kier molecular flexibility index (Phi) is 6.96. The highest BCUT2D eigenvalue weighted by Crippen LogP contribution is 2.29. The van der Waals surface area contributed by atoms with Crippen LogP contribution in [0.5, 0.6) is 0 Å². The van der Waals surface area contributed by atoms with Gasteiger partial charge in [-0.3, -0.25) is 4.90 Å². The number of fused-ring (bicyclic) bond motifs is 1. The zero-order valence-electron chi connectivity index (χ0n) is 18.2. The van der Waals surface area contributed by atoms with Crippen molar-refractivity contribution in [3.63, 3.8) is 0 Å². The summed E-state index contributed by atoms with van der Waals surface area (Å²) in [5.41, 5.74) is 2.98. The Bertz CT molecular complexity index is 995. The van der Waals surface area contributed by atoms with Gasteiger partial charge in [0.25, 0.3) is 0 Å². The molecule has 30 heavy (non-hydrogen) atoms. The summed E-state index contributed by atoms with van der Waals surface area (Å²) < 4.78 is 0. The van der Waals surface area contributed by atoms with E-state index in [1.54, 1.807) is 0 Å². The number of piperazine rings is 1. The Morgan fingerprint density at radius 3 is 2.43 bits per heavy atom. The summed E-state index contributed by atoms with van der Waals surface area (Å²) in [5.74, 6) is 1.07. The number of anilines is 1. The second kappa shape index (κ2) is 9.13. The van der Waals surface area contributed by atoms with Crippen molar-refractivity contribution in [3.8, 4) is 0 Å². The highest BCUT2D eigenvalue weighted by molar-refractivity contribution is 6.31. The van der Waals surface area contributed by atoms with Gasteiger partial charge in [0.2, 0.25) is 0 Å². The van der Waals surface area contributed by atoms with Crippen LogP contribution in [-0.4, -0.2) is 35.6 Å². The molecule has 0 bridgehead atoms. The smallest absolute Gasteiger partial charge is 0.136 e. The molecule has 5 heteroatoms. The monoisotopic (exact) mass is 443 g/mol. The van der Waals surface area contributed by atoms with E-state index in [2.05, 4.69) is 67.8 Å². The summed E-state index contributed by atoms with van der Waals surface area (Å²) >= 11 is 6.17. The van der Waals surface area contributed by atoms with E-state index >= 15 is 0 Å². The summed E-state index contributed by atoms with van der Waals surface area (Å²) in [6, 6.07) is 17.7. The Morgan fingerprint density at radius 1 is 1.03 bits per heavy atom. The Morgan fingerprint density at radius 2 is 1.77 bits per heavy atom. The maximum absolute atomic E-state index is 6.17. The Hall–Kier alpha value is -1.81. The lowest BCUT2D eigenvalue weighted by atomic mass is 9.86. The Labute approximate surface area is 191 Å². The fraction of sp³-hybridized carbons (Fsp3) is 0.400. The average molecular weight is 444 g/mol. The van der Waals surface area contributed by atoms with Crippen molar-refractivity contribution < 1.29 is 0 Å². The maximum atomic E-state index is 6.17. The van der Waals surface area contributed by atoms with E-state index in [1.165, 1.54) is 16.5 Å². The predicted octanol–water partition coefficient (Wildman–Crippen LogP) is 6.32. The van der Waals surface area contributed by atoms with E-state index in [1.807, 2.05) is 24.4 Å². The van der Waals surface area contributed by atoms with E-state index < -0.39 is 0 Å². The SMILES string of the molecule is C[C@@H]1CN(c2nccc3cc(Cl)ccc23)CCN1Cc1ccc(C(C)(C)C)cc1.Cl. The van der Waals surface area contributed by atoms with Gasteiger partial charge >= 0.3 is 0 Å². The number of hydrogen-bond donors (Lipinski definition) is 0. The molecule has 0 amide bonds. The van der Waals surface area contributed by atoms with Crippen LogP contribution in [0.2, 0.25) is 5.02 Å². The lowest BCUT2D eigenvalue weighted by Gasteiger charge is -2.40. The summed E-state index contributed by atoms with van der Waals surface area (Å²) in [5, 5.41) is 3.09. The van der Waals surface area contributed by atoms with Gasteiger partial charge in [-0.15, -0.1) is 12.4 Å². The molecule has 1 aliphatic heterocycles. The normalized spacial score (nSPS) is 17.8. The molecule has 3 aromatic rings. The first kappa shape index (κ1) is 22.9. The number of halogens is 2. The van der Waals surface area contributed by atoms with E-state index in [0.29, 0.717) is 6.04 Å². The first-order valence-corrected chi connectivity index (χ1v) is 10.8. The van der Waals surface area contributed by atoms with Gasteiger partial charge < -0.3 is 4.90 Å². The number of rotatable bonds is 3. The van der Waals surface area contributed by atoms with Crippen molar-refractivity contribution >= 4 is 40.6 Å². The van der Waals surface area contributed by atoms with Crippen LogP contribution < -0.4 is 4.90 Å². The second-order valence-corrected chi connectivity index (χ2v) is 9.65. The number of hydrogen-bond acceptors (Lipinski definition) is 3. The van der Waals surface area contributed by atoms with Crippen LogP contribution in [0.4, 0.5) is 5.82 Å². The van der Waals surface area contributed by atoms with Gasteiger partial charge in [-0.05, 0) is 53.1 Å². The molecule has 0 N–H and O–H groups in total. The topological polar surface area (TPSA) is 19.4 Å². The third-order valence-corrected chi connectivity index (χ3v) is 6.21. The molecule has 4 rings (SSSR count). The molecule has 1 aromatic heterocycles. The predicted molar refractivity (Wildman–Crippen MR) is 131 cm³/mol. The summed E-state index contributed by atoms with van der Waals surface area (Å²) in [6.45, 7) is 13.1. The van der Waals surface area contributed by atoms with Gasteiger partial charge in [0.05, 0.1) is 0 Å². The van der Waals surface area contributed by atoms with Crippen LogP contribution in [0.15, 0.2) is 54.7 Å². The van der Waals surface area contributed by atoms with Crippen molar-refractivity contribution in [2.75, 3.05) is 24.5 Å². The fourth-order valence-electron chi connectivity index (χ4n) is 4.15. The first-order valence-electron chi connectivity index (χ1n) is 10.4. The molecule has 0 radical (unpaired) electrons.